The normalized spacial score (nSPS) is 15.0. The van der Waals surface area contributed by atoms with E-state index in [4.69, 9.17) is 13.9 Å². The van der Waals surface area contributed by atoms with Gasteiger partial charge in [-0.05, 0) is 48.7 Å². The van der Waals surface area contributed by atoms with E-state index in [0.717, 1.165) is 16.7 Å². The Hall–Kier alpha value is -4.06. The van der Waals surface area contributed by atoms with Crippen LogP contribution < -0.4 is 14.9 Å². The molecule has 0 fully saturated rings. The molecule has 4 aromatic rings. The highest BCUT2D eigenvalue weighted by molar-refractivity contribution is 5.99. The Labute approximate surface area is 197 Å². The topological polar surface area (TPSA) is 69.0 Å². The third kappa shape index (κ3) is 3.61. The van der Waals surface area contributed by atoms with Crippen molar-refractivity contribution >= 4 is 16.9 Å². The predicted molar refractivity (Wildman–Crippen MR) is 130 cm³/mol. The minimum absolute atomic E-state index is 0.127. The predicted octanol–water partition coefficient (Wildman–Crippen LogP) is 4.91. The molecule has 0 saturated carbocycles. The van der Waals surface area contributed by atoms with Crippen LogP contribution in [-0.2, 0) is 6.42 Å². The molecule has 1 unspecified atom stereocenters. The molecule has 0 bridgehead atoms. The first-order chi connectivity index (χ1) is 16.5. The van der Waals surface area contributed by atoms with Gasteiger partial charge in [0, 0.05) is 6.54 Å². The maximum absolute atomic E-state index is 13.6. The molecule has 5 rings (SSSR count). The minimum Gasteiger partial charge on any atom is -0.493 e. The van der Waals surface area contributed by atoms with Crippen LogP contribution in [0.4, 0.5) is 0 Å². The number of amides is 1. The largest absolute Gasteiger partial charge is 0.493 e. The summed E-state index contributed by atoms with van der Waals surface area (Å²) in [5, 5.41) is 0.495. The van der Waals surface area contributed by atoms with Gasteiger partial charge >= 0.3 is 0 Å². The number of hydrogen-bond acceptors (Lipinski definition) is 5. The van der Waals surface area contributed by atoms with Crippen LogP contribution in [0.15, 0.2) is 75.9 Å². The zero-order valence-corrected chi connectivity index (χ0v) is 19.3. The lowest BCUT2D eigenvalue weighted by molar-refractivity contribution is 0.0730. The molecule has 172 valence electrons. The molecule has 0 saturated heterocycles. The summed E-state index contributed by atoms with van der Waals surface area (Å²) >= 11 is 0. The number of ether oxygens (including phenoxy) is 2. The number of nitrogens with zero attached hydrogens (tertiary/aromatic N) is 1. The Kier molecular flexibility index (Phi) is 5.57. The fourth-order valence-electron chi connectivity index (χ4n) is 4.63. The number of carbonyl (C=O) groups is 1. The van der Waals surface area contributed by atoms with E-state index in [1.807, 2.05) is 67.6 Å². The van der Waals surface area contributed by atoms with E-state index in [1.165, 1.54) is 0 Å². The first-order valence-electron chi connectivity index (χ1n) is 11.2. The monoisotopic (exact) mass is 455 g/mol. The maximum Gasteiger partial charge on any atom is 0.290 e. The smallest absolute Gasteiger partial charge is 0.290 e. The molecule has 1 aromatic heterocycles. The highest BCUT2D eigenvalue weighted by Gasteiger charge is 2.42. The summed E-state index contributed by atoms with van der Waals surface area (Å²) in [5.74, 6) is 1.13. The molecule has 6 nitrogen and oxygen atoms in total. The van der Waals surface area contributed by atoms with Gasteiger partial charge in [0.15, 0.2) is 16.9 Å². The van der Waals surface area contributed by atoms with E-state index in [-0.39, 0.29) is 17.1 Å². The number of methoxy groups -OCH3 is 2. The molecule has 0 N–H and O–H groups in total. The number of hydrogen-bond donors (Lipinski definition) is 0. The van der Waals surface area contributed by atoms with Crippen LogP contribution in [0.5, 0.6) is 11.5 Å². The molecule has 1 amide bonds. The van der Waals surface area contributed by atoms with E-state index in [9.17, 15) is 9.59 Å². The number of rotatable bonds is 6. The van der Waals surface area contributed by atoms with Gasteiger partial charge in [0.1, 0.15) is 5.58 Å². The van der Waals surface area contributed by atoms with Crippen LogP contribution in [0.2, 0.25) is 0 Å². The van der Waals surface area contributed by atoms with Gasteiger partial charge in [-0.1, -0.05) is 48.0 Å². The second-order valence-corrected chi connectivity index (χ2v) is 8.42. The Morgan fingerprint density at radius 1 is 0.912 bits per heavy atom. The van der Waals surface area contributed by atoms with E-state index in [1.54, 1.807) is 25.2 Å². The van der Waals surface area contributed by atoms with Gasteiger partial charge in [-0.2, -0.15) is 0 Å². The zero-order valence-electron chi connectivity index (χ0n) is 19.3. The van der Waals surface area contributed by atoms with Gasteiger partial charge in [-0.15, -0.1) is 0 Å². The van der Waals surface area contributed by atoms with Crippen LogP contribution in [0, 0.1) is 6.92 Å². The lowest BCUT2D eigenvalue weighted by atomic mass is 9.98. The first-order valence-corrected chi connectivity index (χ1v) is 11.2. The highest BCUT2D eigenvalue weighted by Crippen LogP contribution is 2.38. The number of aryl methyl sites for hydroxylation is 1. The van der Waals surface area contributed by atoms with Crippen molar-refractivity contribution in [3.05, 3.63) is 105 Å². The van der Waals surface area contributed by atoms with Gasteiger partial charge in [0.25, 0.3) is 5.91 Å². The van der Waals surface area contributed by atoms with Gasteiger partial charge in [0.2, 0.25) is 5.76 Å². The zero-order chi connectivity index (χ0) is 23.8. The highest BCUT2D eigenvalue weighted by atomic mass is 16.5. The number of carbonyl (C=O) groups excluding carboxylic acids is 1. The Bertz CT molecular complexity index is 1440. The van der Waals surface area contributed by atoms with Crippen molar-refractivity contribution in [3.63, 3.8) is 0 Å². The second-order valence-electron chi connectivity index (χ2n) is 8.42. The van der Waals surface area contributed by atoms with Gasteiger partial charge < -0.3 is 18.8 Å². The third-order valence-corrected chi connectivity index (χ3v) is 6.33. The number of benzene rings is 3. The van der Waals surface area contributed by atoms with Crippen molar-refractivity contribution in [1.29, 1.82) is 0 Å². The fraction of sp³-hybridized carbons (Fsp3) is 0.214. The van der Waals surface area contributed by atoms with Gasteiger partial charge in [-0.3, -0.25) is 9.59 Å². The standard InChI is InChI=1S/C28H25NO5/c1-17-9-11-21-20(15-17)26(30)24-25(19-7-5-4-6-8-19)29(28(31)27(24)34-21)14-13-18-10-12-22(32-2)23(16-18)33-3/h4-12,15-16,25H,13-14H2,1-3H3. The van der Waals surface area contributed by atoms with Crippen molar-refractivity contribution in [2.24, 2.45) is 0 Å². The summed E-state index contributed by atoms with van der Waals surface area (Å²) in [4.78, 5) is 28.9. The van der Waals surface area contributed by atoms with Gasteiger partial charge in [-0.25, -0.2) is 0 Å². The van der Waals surface area contributed by atoms with Crippen molar-refractivity contribution < 1.29 is 18.7 Å². The summed E-state index contributed by atoms with van der Waals surface area (Å²) in [6.07, 6.45) is 0.580. The molecule has 0 spiro atoms. The Morgan fingerprint density at radius 2 is 1.68 bits per heavy atom. The van der Waals surface area contributed by atoms with E-state index in [0.29, 0.717) is 41.0 Å². The maximum atomic E-state index is 13.6. The quantitative estimate of drug-likeness (QED) is 0.413. The molecule has 6 heteroatoms. The van der Waals surface area contributed by atoms with Crippen LogP contribution in [0.25, 0.3) is 11.0 Å². The summed E-state index contributed by atoms with van der Waals surface area (Å²) in [5.41, 5.74) is 3.51. The van der Waals surface area contributed by atoms with Crippen LogP contribution in [-0.4, -0.2) is 31.6 Å². The van der Waals surface area contributed by atoms with Gasteiger partial charge in [0.05, 0.1) is 31.2 Å². The molecule has 2 heterocycles. The summed E-state index contributed by atoms with van der Waals surface area (Å²) < 4.78 is 16.8. The first kappa shape index (κ1) is 21.8. The van der Waals surface area contributed by atoms with Crippen LogP contribution >= 0.6 is 0 Å². The molecule has 0 radical (unpaired) electrons. The van der Waals surface area contributed by atoms with E-state index < -0.39 is 6.04 Å². The lowest BCUT2D eigenvalue weighted by Crippen LogP contribution is -2.31. The minimum atomic E-state index is -0.509. The van der Waals surface area contributed by atoms with Crippen molar-refractivity contribution in [1.82, 2.24) is 4.90 Å². The van der Waals surface area contributed by atoms with Crippen molar-refractivity contribution in [2.45, 2.75) is 19.4 Å². The Balaban J connectivity index is 1.58. The molecule has 1 aliphatic heterocycles. The Morgan fingerprint density at radius 3 is 2.41 bits per heavy atom. The molecule has 1 atom stereocenters. The van der Waals surface area contributed by atoms with Crippen LogP contribution in [0.1, 0.15) is 38.9 Å². The number of fused-ring (bicyclic) bond motifs is 2. The summed E-state index contributed by atoms with van der Waals surface area (Å²) in [6, 6.07) is 20.3. The van der Waals surface area contributed by atoms with E-state index >= 15 is 0 Å². The van der Waals surface area contributed by atoms with Crippen molar-refractivity contribution in [3.8, 4) is 11.5 Å². The van der Waals surface area contributed by atoms with Crippen molar-refractivity contribution in [2.75, 3.05) is 20.8 Å². The SMILES string of the molecule is COc1ccc(CCN2C(=O)c3oc4ccc(C)cc4c(=O)c3C2c2ccccc2)cc1OC. The molecular weight excluding hydrogens is 430 g/mol. The third-order valence-electron chi connectivity index (χ3n) is 6.33. The molecule has 0 aliphatic carbocycles. The summed E-state index contributed by atoms with van der Waals surface area (Å²) in [7, 11) is 3.19. The molecule has 3 aromatic carbocycles. The second kappa shape index (κ2) is 8.71. The summed E-state index contributed by atoms with van der Waals surface area (Å²) in [6.45, 7) is 2.34. The van der Waals surface area contributed by atoms with E-state index in [2.05, 4.69) is 0 Å². The average Bonchev–Trinajstić information content (AvgIpc) is 3.15. The molecular formula is C28H25NO5. The average molecular weight is 456 g/mol. The molecule has 34 heavy (non-hydrogen) atoms. The molecule has 1 aliphatic rings. The lowest BCUT2D eigenvalue weighted by Gasteiger charge is -2.25. The van der Waals surface area contributed by atoms with Crippen LogP contribution in [0.3, 0.4) is 0 Å². The fourth-order valence-corrected chi connectivity index (χ4v) is 4.63.